The van der Waals surface area contributed by atoms with E-state index < -0.39 is 0 Å². The Morgan fingerprint density at radius 2 is 1.80 bits per heavy atom. The maximum absolute atomic E-state index is 12.8. The molecule has 3 aromatic rings. The fourth-order valence-electron chi connectivity index (χ4n) is 2.39. The van der Waals surface area contributed by atoms with Crippen molar-refractivity contribution in [2.45, 2.75) is 13.3 Å². The Labute approximate surface area is 121 Å². The summed E-state index contributed by atoms with van der Waals surface area (Å²) in [6.45, 7) is 1.97. The van der Waals surface area contributed by atoms with Gasteiger partial charge in [-0.2, -0.15) is 0 Å². The van der Waals surface area contributed by atoms with Gasteiger partial charge in [0.15, 0.2) is 0 Å². The van der Waals surface area contributed by atoms with Gasteiger partial charge in [-0.25, -0.2) is 0 Å². The lowest BCUT2D eigenvalue weighted by Crippen LogP contribution is -2.09. The average Bonchev–Trinajstić information content (AvgIpc) is 2.47. The minimum Gasteiger partial charge on any atom is -0.460 e. The molecule has 20 heavy (non-hydrogen) atoms. The molecule has 0 N–H and O–H groups in total. The SMILES string of the molecule is CCc1oc2cccc(Cl)c2c(=O)c1-c1ccccc1. The molecule has 0 fully saturated rings. The number of halogens is 1. The third-order valence-electron chi connectivity index (χ3n) is 3.33. The highest BCUT2D eigenvalue weighted by Crippen LogP contribution is 2.28. The van der Waals surface area contributed by atoms with Crippen molar-refractivity contribution < 1.29 is 4.42 Å². The number of rotatable bonds is 2. The highest BCUT2D eigenvalue weighted by Gasteiger charge is 2.16. The summed E-state index contributed by atoms with van der Waals surface area (Å²) in [7, 11) is 0. The molecule has 0 spiro atoms. The second-order valence-corrected chi connectivity index (χ2v) is 4.97. The maximum atomic E-state index is 12.8. The summed E-state index contributed by atoms with van der Waals surface area (Å²) in [4.78, 5) is 12.8. The third-order valence-corrected chi connectivity index (χ3v) is 3.64. The van der Waals surface area contributed by atoms with Gasteiger partial charge in [0.2, 0.25) is 5.43 Å². The van der Waals surface area contributed by atoms with Crippen molar-refractivity contribution >= 4 is 22.6 Å². The van der Waals surface area contributed by atoms with E-state index in [1.54, 1.807) is 18.2 Å². The van der Waals surface area contributed by atoms with Crippen LogP contribution in [0, 0.1) is 0 Å². The fourth-order valence-corrected chi connectivity index (χ4v) is 2.64. The first-order valence-corrected chi connectivity index (χ1v) is 6.89. The molecule has 0 atom stereocenters. The monoisotopic (exact) mass is 284 g/mol. The van der Waals surface area contributed by atoms with E-state index in [1.807, 2.05) is 37.3 Å². The zero-order chi connectivity index (χ0) is 14.1. The van der Waals surface area contributed by atoms with Crippen LogP contribution < -0.4 is 5.43 Å². The molecule has 0 saturated heterocycles. The van der Waals surface area contributed by atoms with Crippen LogP contribution in [0.1, 0.15) is 12.7 Å². The molecule has 0 saturated carbocycles. The summed E-state index contributed by atoms with van der Waals surface area (Å²) in [5, 5.41) is 0.876. The Kier molecular flexibility index (Phi) is 3.33. The summed E-state index contributed by atoms with van der Waals surface area (Å²) >= 11 is 6.16. The van der Waals surface area contributed by atoms with Crippen LogP contribution in [0.5, 0.6) is 0 Å². The van der Waals surface area contributed by atoms with Crippen molar-refractivity contribution in [2.75, 3.05) is 0 Å². The van der Waals surface area contributed by atoms with Crippen LogP contribution in [0.25, 0.3) is 22.1 Å². The minimum atomic E-state index is -0.0695. The van der Waals surface area contributed by atoms with Crippen LogP contribution in [0.2, 0.25) is 5.02 Å². The molecule has 3 rings (SSSR count). The Hall–Kier alpha value is -2.06. The Bertz CT molecular complexity index is 820. The molecule has 1 heterocycles. The average molecular weight is 285 g/mol. The zero-order valence-corrected chi connectivity index (χ0v) is 11.8. The van der Waals surface area contributed by atoms with E-state index in [4.69, 9.17) is 16.0 Å². The van der Waals surface area contributed by atoms with Crippen LogP contribution >= 0.6 is 11.6 Å². The summed E-state index contributed by atoms with van der Waals surface area (Å²) in [5.74, 6) is 0.691. The van der Waals surface area contributed by atoms with Crippen LogP contribution in [0.4, 0.5) is 0 Å². The predicted molar refractivity (Wildman–Crippen MR) is 82.3 cm³/mol. The van der Waals surface area contributed by atoms with Gasteiger partial charge in [0.25, 0.3) is 0 Å². The van der Waals surface area contributed by atoms with E-state index in [0.29, 0.717) is 33.7 Å². The van der Waals surface area contributed by atoms with E-state index in [0.717, 1.165) is 5.56 Å². The standard InChI is InChI=1S/C17H13ClO2/c1-2-13-15(11-7-4-3-5-8-11)17(19)16-12(18)9-6-10-14(16)20-13/h3-10H,2H2,1H3. The molecule has 2 nitrogen and oxygen atoms in total. The molecular weight excluding hydrogens is 272 g/mol. The second kappa shape index (κ2) is 5.14. The molecule has 0 amide bonds. The van der Waals surface area contributed by atoms with Gasteiger partial charge in [0.05, 0.1) is 16.0 Å². The smallest absolute Gasteiger partial charge is 0.202 e. The number of hydrogen-bond acceptors (Lipinski definition) is 2. The first kappa shape index (κ1) is 12.9. The molecule has 100 valence electrons. The molecule has 0 radical (unpaired) electrons. The first-order chi connectivity index (χ1) is 9.72. The number of aryl methyl sites for hydroxylation is 1. The van der Waals surface area contributed by atoms with Crippen molar-refractivity contribution in [3.8, 4) is 11.1 Å². The molecule has 0 bridgehead atoms. The van der Waals surface area contributed by atoms with E-state index in [-0.39, 0.29) is 5.43 Å². The molecule has 0 aliphatic carbocycles. The van der Waals surface area contributed by atoms with Crippen molar-refractivity contribution in [3.05, 3.63) is 69.5 Å². The van der Waals surface area contributed by atoms with Gasteiger partial charge < -0.3 is 4.42 Å². The van der Waals surface area contributed by atoms with Gasteiger partial charge >= 0.3 is 0 Å². The molecular formula is C17H13ClO2. The number of fused-ring (bicyclic) bond motifs is 1. The molecule has 3 heteroatoms. The molecule has 2 aromatic carbocycles. The molecule has 0 aliphatic rings. The van der Waals surface area contributed by atoms with Gasteiger partial charge in [0.1, 0.15) is 11.3 Å². The summed E-state index contributed by atoms with van der Waals surface area (Å²) < 4.78 is 5.87. The van der Waals surface area contributed by atoms with Gasteiger partial charge in [-0.1, -0.05) is 54.9 Å². The van der Waals surface area contributed by atoms with Gasteiger partial charge in [0, 0.05) is 6.42 Å². The van der Waals surface area contributed by atoms with Gasteiger partial charge in [-0.15, -0.1) is 0 Å². The van der Waals surface area contributed by atoms with E-state index in [1.165, 1.54) is 0 Å². The topological polar surface area (TPSA) is 30.2 Å². The van der Waals surface area contributed by atoms with Crippen LogP contribution in [-0.2, 0) is 6.42 Å². The van der Waals surface area contributed by atoms with E-state index >= 15 is 0 Å². The van der Waals surface area contributed by atoms with Crippen LogP contribution in [0.15, 0.2) is 57.7 Å². The lowest BCUT2D eigenvalue weighted by atomic mass is 10.0. The molecule has 0 unspecified atom stereocenters. The number of benzene rings is 2. The van der Waals surface area contributed by atoms with Crippen LogP contribution in [0.3, 0.4) is 0 Å². The van der Waals surface area contributed by atoms with Crippen molar-refractivity contribution in [1.82, 2.24) is 0 Å². The minimum absolute atomic E-state index is 0.0695. The maximum Gasteiger partial charge on any atom is 0.202 e. The number of hydrogen-bond donors (Lipinski definition) is 0. The van der Waals surface area contributed by atoms with Gasteiger partial charge in [-0.05, 0) is 17.7 Å². The molecule has 0 aliphatic heterocycles. The van der Waals surface area contributed by atoms with Crippen molar-refractivity contribution in [2.24, 2.45) is 0 Å². The van der Waals surface area contributed by atoms with Gasteiger partial charge in [-0.3, -0.25) is 4.79 Å². The van der Waals surface area contributed by atoms with Crippen molar-refractivity contribution in [1.29, 1.82) is 0 Å². The molecule has 1 aromatic heterocycles. The zero-order valence-electron chi connectivity index (χ0n) is 11.0. The highest BCUT2D eigenvalue weighted by molar-refractivity contribution is 6.35. The first-order valence-electron chi connectivity index (χ1n) is 6.52. The third kappa shape index (κ3) is 2.02. The van der Waals surface area contributed by atoms with Crippen LogP contribution in [-0.4, -0.2) is 0 Å². The van der Waals surface area contributed by atoms with E-state index in [9.17, 15) is 4.79 Å². The van der Waals surface area contributed by atoms with E-state index in [2.05, 4.69) is 0 Å². The lowest BCUT2D eigenvalue weighted by molar-refractivity contribution is 0.546. The largest absolute Gasteiger partial charge is 0.460 e. The fraction of sp³-hybridized carbons (Fsp3) is 0.118. The Balaban J connectivity index is 2.45. The second-order valence-electron chi connectivity index (χ2n) is 4.56. The normalized spacial score (nSPS) is 10.9. The Morgan fingerprint density at radius 1 is 1.05 bits per heavy atom. The Morgan fingerprint density at radius 3 is 2.50 bits per heavy atom. The summed E-state index contributed by atoms with van der Waals surface area (Å²) in [6, 6.07) is 14.8. The summed E-state index contributed by atoms with van der Waals surface area (Å²) in [5.41, 5.74) is 1.94. The highest BCUT2D eigenvalue weighted by atomic mass is 35.5. The lowest BCUT2D eigenvalue weighted by Gasteiger charge is -2.09. The predicted octanol–water partition coefficient (Wildman–Crippen LogP) is 4.68. The van der Waals surface area contributed by atoms with Crippen molar-refractivity contribution in [3.63, 3.8) is 0 Å². The quantitative estimate of drug-likeness (QED) is 0.684. The summed E-state index contributed by atoms with van der Waals surface area (Å²) in [6.07, 6.45) is 0.655.